The predicted molar refractivity (Wildman–Crippen MR) is 98.1 cm³/mol. The largest absolute Gasteiger partial charge is 0.477 e. The van der Waals surface area contributed by atoms with Crippen LogP contribution < -0.4 is 10.1 Å². The molecule has 1 N–H and O–H groups in total. The molecular weight excluding hydrogens is 318 g/mol. The van der Waals surface area contributed by atoms with Crippen molar-refractivity contribution in [2.45, 2.75) is 40.5 Å². The first-order valence-corrected chi connectivity index (χ1v) is 8.45. The number of ether oxygens (including phenoxy) is 1. The van der Waals surface area contributed by atoms with Crippen molar-refractivity contribution in [1.29, 1.82) is 0 Å². The molecule has 22 heavy (non-hydrogen) atoms. The van der Waals surface area contributed by atoms with E-state index in [1.54, 1.807) is 0 Å². The number of thiocarbonyl (C=S) groups is 1. The third-order valence-corrected chi connectivity index (χ3v) is 4.05. The number of nitrogens with one attached hydrogen (secondary N) is 1. The number of hydrogen-bond acceptors (Lipinski definition) is 3. The molecular formula is C16H26ClN3OS. The Kier molecular flexibility index (Phi) is 7.90. The highest BCUT2D eigenvalue weighted by atomic mass is 35.5. The number of pyridine rings is 1. The van der Waals surface area contributed by atoms with Gasteiger partial charge in [0.05, 0.1) is 18.0 Å². The number of rotatable bonds is 7. The van der Waals surface area contributed by atoms with E-state index < -0.39 is 0 Å². The monoisotopic (exact) mass is 343 g/mol. The van der Waals surface area contributed by atoms with Crippen LogP contribution in [0.25, 0.3) is 0 Å². The number of aryl methyl sites for hydroxylation is 1. The Balaban J connectivity index is 2.69. The molecule has 0 aliphatic rings. The van der Waals surface area contributed by atoms with Gasteiger partial charge in [0.1, 0.15) is 5.02 Å². The number of hydrogen-bond donors (Lipinski definition) is 1. The minimum atomic E-state index is 0.489. The first-order chi connectivity index (χ1) is 10.3. The Hall–Kier alpha value is -1.07. The average molecular weight is 344 g/mol. The summed E-state index contributed by atoms with van der Waals surface area (Å²) in [5.74, 6) is 1.17. The zero-order valence-electron chi connectivity index (χ0n) is 14.1. The van der Waals surface area contributed by atoms with Crippen LogP contribution in [-0.4, -0.2) is 35.2 Å². The predicted octanol–water partition coefficient (Wildman–Crippen LogP) is 4.51. The highest BCUT2D eigenvalue weighted by Gasteiger charge is 2.11. The lowest BCUT2D eigenvalue weighted by Gasteiger charge is -2.20. The van der Waals surface area contributed by atoms with Crippen molar-refractivity contribution in [1.82, 2.24) is 9.88 Å². The quantitative estimate of drug-likeness (QED) is 0.582. The fourth-order valence-electron chi connectivity index (χ4n) is 1.80. The van der Waals surface area contributed by atoms with Gasteiger partial charge in [-0.1, -0.05) is 25.4 Å². The van der Waals surface area contributed by atoms with Gasteiger partial charge in [-0.3, -0.25) is 0 Å². The van der Waals surface area contributed by atoms with E-state index in [9.17, 15) is 0 Å². The molecule has 0 fully saturated rings. The van der Waals surface area contributed by atoms with E-state index >= 15 is 0 Å². The highest BCUT2D eigenvalue weighted by Crippen LogP contribution is 2.28. The summed E-state index contributed by atoms with van der Waals surface area (Å²) in [6.07, 6.45) is 2.13. The topological polar surface area (TPSA) is 37.4 Å². The molecule has 0 unspecified atom stereocenters. The maximum atomic E-state index is 6.26. The fraction of sp³-hybridized carbons (Fsp3) is 0.625. The number of anilines is 1. The first-order valence-electron chi connectivity index (χ1n) is 7.67. The SMILES string of the molecule is CCN(C)C(=S)Nc1cc(Cl)c(OCCCC(C)C)nc1C. The summed E-state index contributed by atoms with van der Waals surface area (Å²) >= 11 is 11.6. The molecule has 124 valence electrons. The van der Waals surface area contributed by atoms with E-state index in [1.165, 1.54) is 0 Å². The molecule has 0 aliphatic carbocycles. The number of nitrogens with zero attached hydrogens (tertiary/aromatic N) is 2. The third kappa shape index (κ3) is 5.97. The minimum Gasteiger partial charge on any atom is -0.477 e. The number of aromatic nitrogens is 1. The molecule has 0 amide bonds. The van der Waals surface area contributed by atoms with Crippen molar-refractivity contribution in [3.05, 3.63) is 16.8 Å². The molecule has 0 bridgehead atoms. The summed E-state index contributed by atoms with van der Waals surface area (Å²) in [6, 6.07) is 1.82. The van der Waals surface area contributed by atoms with Gasteiger partial charge in [-0.15, -0.1) is 0 Å². The third-order valence-electron chi connectivity index (χ3n) is 3.36. The molecule has 0 aliphatic heterocycles. The molecule has 6 heteroatoms. The van der Waals surface area contributed by atoms with E-state index in [0.29, 0.717) is 28.5 Å². The van der Waals surface area contributed by atoms with Crippen LogP contribution in [0.15, 0.2) is 6.07 Å². The normalized spacial score (nSPS) is 10.7. The summed E-state index contributed by atoms with van der Waals surface area (Å²) in [6.45, 7) is 9.82. The summed E-state index contributed by atoms with van der Waals surface area (Å²) in [5.41, 5.74) is 1.62. The van der Waals surface area contributed by atoms with Gasteiger partial charge in [0, 0.05) is 13.6 Å². The molecule has 0 radical (unpaired) electrons. The van der Waals surface area contributed by atoms with Crippen LogP contribution in [0.3, 0.4) is 0 Å². The molecule has 0 atom stereocenters. The Morgan fingerprint density at radius 3 is 2.77 bits per heavy atom. The van der Waals surface area contributed by atoms with E-state index in [1.807, 2.05) is 31.9 Å². The van der Waals surface area contributed by atoms with Crippen molar-refractivity contribution < 1.29 is 4.74 Å². The lowest BCUT2D eigenvalue weighted by atomic mass is 10.1. The average Bonchev–Trinajstić information content (AvgIpc) is 2.46. The van der Waals surface area contributed by atoms with Gasteiger partial charge >= 0.3 is 0 Å². The Morgan fingerprint density at radius 2 is 2.18 bits per heavy atom. The van der Waals surface area contributed by atoms with Crippen LogP contribution in [0.5, 0.6) is 5.88 Å². The van der Waals surface area contributed by atoms with Crippen molar-refractivity contribution in [3.8, 4) is 5.88 Å². The van der Waals surface area contributed by atoms with Gasteiger partial charge in [-0.2, -0.15) is 0 Å². The van der Waals surface area contributed by atoms with E-state index in [2.05, 4.69) is 24.1 Å². The zero-order chi connectivity index (χ0) is 16.7. The summed E-state index contributed by atoms with van der Waals surface area (Å²) in [4.78, 5) is 6.38. The molecule has 1 aromatic rings. The van der Waals surface area contributed by atoms with E-state index in [4.69, 9.17) is 28.6 Å². The maximum absolute atomic E-state index is 6.26. The van der Waals surface area contributed by atoms with Crippen LogP contribution in [-0.2, 0) is 0 Å². The van der Waals surface area contributed by atoms with Crippen molar-refractivity contribution in [2.75, 3.05) is 25.5 Å². The second-order valence-electron chi connectivity index (χ2n) is 5.74. The van der Waals surface area contributed by atoms with Gasteiger partial charge in [0.2, 0.25) is 5.88 Å². The summed E-state index contributed by atoms with van der Waals surface area (Å²) in [7, 11) is 1.94. The molecule has 1 aromatic heterocycles. The van der Waals surface area contributed by atoms with Crippen LogP contribution in [0, 0.1) is 12.8 Å². The van der Waals surface area contributed by atoms with E-state index in [0.717, 1.165) is 30.8 Å². The van der Waals surface area contributed by atoms with E-state index in [-0.39, 0.29) is 0 Å². The van der Waals surface area contributed by atoms with Crippen LogP contribution >= 0.6 is 23.8 Å². The second kappa shape index (κ2) is 9.16. The molecule has 0 aromatic carbocycles. The van der Waals surface area contributed by atoms with Gasteiger partial charge < -0.3 is 15.0 Å². The van der Waals surface area contributed by atoms with Crippen LogP contribution in [0.4, 0.5) is 5.69 Å². The molecule has 1 rings (SSSR count). The first kappa shape index (κ1) is 19.0. The minimum absolute atomic E-state index is 0.489. The van der Waals surface area contributed by atoms with Gasteiger partial charge in [-0.25, -0.2) is 4.98 Å². The van der Waals surface area contributed by atoms with Gasteiger partial charge in [0.15, 0.2) is 5.11 Å². The van der Waals surface area contributed by atoms with Crippen molar-refractivity contribution in [2.24, 2.45) is 5.92 Å². The lowest BCUT2D eigenvalue weighted by molar-refractivity contribution is 0.287. The Bertz CT molecular complexity index is 508. The fourth-order valence-corrected chi connectivity index (χ4v) is 2.25. The smallest absolute Gasteiger partial charge is 0.232 e. The second-order valence-corrected chi connectivity index (χ2v) is 6.53. The van der Waals surface area contributed by atoms with Crippen LogP contribution in [0.1, 0.15) is 39.3 Å². The lowest BCUT2D eigenvalue weighted by Crippen LogP contribution is -2.31. The standard InChI is InChI=1S/C16H26ClN3OS/c1-6-20(5)16(22)19-14-10-13(17)15(18-12(14)4)21-9-7-8-11(2)3/h10-11H,6-9H2,1-5H3,(H,19,22). The molecule has 0 spiro atoms. The summed E-state index contributed by atoms with van der Waals surface area (Å²) < 4.78 is 5.68. The van der Waals surface area contributed by atoms with Gasteiger partial charge in [0.25, 0.3) is 0 Å². The highest BCUT2D eigenvalue weighted by molar-refractivity contribution is 7.80. The molecule has 0 saturated carbocycles. The van der Waals surface area contributed by atoms with Gasteiger partial charge in [-0.05, 0) is 50.9 Å². The molecule has 0 saturated heterocycles. The Labute approximate surface area is 144 Å². The van der Waals surface area contributed by atoms with Crippen molar-refractivity contribution >= 4 is 34.6 Å². The molecule has 4 nitrogen and oxygen atoms in total. The maximum Gasteiger partial charge on any atom is 0.232 e. The van der Waals surface area contributed by atoms with Crippen molar-refractivity contribution in [3.63, 3.8) is 0 Å². The summed E-state index contributed by atoms with van der Waals surface area (Å²) in [5, 5.41) is 4.31. The van der Waals surface area contributed by atoms with Crippen LogP contribution in [0.2, 0.25) is 5.02 Å². The Morgan fingerprint density at radius 1 is 1.50 bits per heavy atom. The molecule has 1 heterocycles. The zero-order valence-corrected chi connectivity index (χ0v) is 15.6. The number of halogens is 1.